The molecular formula is C12H13NO. The third-order valence-electron chi connectivity index (χ3n) is 1.80. The Hall–Kier alpha value is -1.75. The molecule has 72 valence electrons. The Bertz CT molecular complexity index is 354. The highest BCUT2D eigenvalue weighted by Crippen LogP contribution is 2.11. The zero-order chi connectivity index (χ0) is 10.4. The van der Waals surface area contributed by atoms with Gasteiger partial charge in [0.15, 0.2) is 0 Å². The summed E-state index contributed by atoms with van der Waals surface area (Å²) >= 11 is 0. The van der Waals surface area contributed by atoms with Gasteiger partial charge in [-0.05, 0) is 24.3 Å². The van der Waals surface area contributed by atoms with E-state index in [0.29, 0.717) is 6.42 Å². The number of anilines is 1. The number of aldehydes is 1. The summed E-state index contributed by atoms with van der Waals surface area (Å²) in [7, 11) is 3.99. The van der Waals surface area contributed by atoms with Crippen LogP contribution in [0.2, 0.25) is 0 Å². The van der Waals surface area contributed by atoms with Crippen molar-refractivity contribution in [1.29, 1.82) is 0 Å². The predicted molar refractivity (Wildman–Crippen MR) is 58.3 cm³/mol. The van der Waals surface area contributed by atoms with E-state index in [4.69, 9.17) is 0 Å². The lowest BCUT2D eigenvalue weighted by molar-refractivity contribution is -0.107. The van der Waals surface area contributed by atoms with Crippen LogP contribution in [0.15, 0.2) is 24.3 Å². The molecule has 0 aliphatic rings. The zero-order valence-corrected chi connectivity index (χ0v) is 8.45. The van der Waals surface area contributed by atoms with Crippen LogP contribution in [-0.4, -0.2) is 20.4 Å². The summed E-state index contributed by atoms with van der Waals surface area (Å²) in [4.78, 5) is 12.1. The Morgan fingerprint density at radius 1 is 1.29 bits per heavy atom. The Balaban J connectivity index is 2.75. The fourth-order valence-corrected chi connectivity index (χ4v) is 1.04. The Kier molecular flexibility index (Phi) is 3.75. The van der Waals surface area contributed by atoms with Gasteiger partial charge in [-0.25, -0.2) is 0 Å². The molecule has 2 nitrogen and oxygen atoms in total. The van der Waals surface area contributed by atoms with Crippen molar-refractivity contribution in [3.8, 4) is 11.8 Å². The van der Waals surface area contributed by atoms with E-state index in [0.717, 1.165) is 17.5 Å². The summed E-state index contributed by atoms with van der Waals surface area (Å²) in [6, 6.07) is 7.91. The summed E-state index contributed by atoms with van der Waals surface area (Å²) in [5.74, 6) is 5.68. The van der Waals surface area contributed by atoms with Gasteiger partial charge in [0.1, 0.15) is 6.29 Å². The number of nitrogens with zero attached hydrogens (tertiary/aromatic N) is 1. The molecule has 0 atom stereocenters. The number of rotatable bonds is 2. The van der Waals surface area contributed by atoms with E-state index in [9.17, 15) is 4.79 Å². The lowest BCUT2D eigenvalue weighted by atomic mass is 10.2. The summed E-state index contributed by atoms with van der Waals surface area (Å²) in [6.07, 6.45) is 1.11. The van der Waals surface area contributed by atoms with Gasteiger partial charge in [0.25, 0.3) is 0 Å². The number of hydrogen-bond acceptors (Lipinski definition) is 2. The fourth-order valence-electron chi connectivity index (χ4n) is 1.04. The lowest BCUT2D eigenvalue weighted by Gasteiger charge is -2.11. The molecule has 14 heavy (non-hydrogen) atoms. The first-order valence-corrected chi connectivity index (χ1v) is 4.44. The lowest BCUT2D eigenvalue weighted by Crippen LogP contribution is -2.07. The zero-order valence-electron chi connectivity index (χ0n) is 8.45. The van der Waals surface area contributed by atoms with Gasteiger partial charge < -0.3 is 9.69 Å². The summed E-state index contributed by atoms with van der Waals surface area (Å²) in [5.41, 5.74) is 2.09. The first kappa shape index (κ1) is 10.3. The average molecular weight is 187 g/mol. The maximum Gasteiger partial charge on any atom is 0.131 e. The van der Waals surface area contributed by atoms with Gasteiger partial charge >= 0.3 is 0 Å². The third-order valence-corrected chi connectivity index (χ3v) is 1.80. The number of carbonyl (C=O) groups is 1. The molecule has 1 aromatic rings. The molecule has 0 saturated carbocycles. The van der Waals surface area contributed by atoms with Crippen LogP contribution in [0.1, 0.15) is 12.0 Å². The van der Waals surface area contributed by atoms with Crippen LogP contribution in [0, 0.1) is 11.8 Å². The first-order chi connectivity index (χ1) is 6.74. The highest BCUT2D eigenvalue weighted by molar-refractivity contribution is 5.55. The van der Waals surface area contributed by atoms with Crippen LogP contribution in [0.5, 0.6) is 0 Å². The molecule has 0 heterocycles. The standard InChI is InChI=1S/C12H13NO/c1-13(2)12-8-6-11(7-9-12)5-3-4-10-14/h6-10H,4H2,1-2H3. The van der Waals surface area contributed by atoms with Crippen molar-refractivity contribution in [2.75, 3.05) is 19.0 Å². The maximum atomic E-state index is 10.0. The fraction of sp³-hybridized carbons (Fsp3) is 0.250. The number of carbonyl (C=O) groups excluding carboxylic acids is 1. The van der Waals surface area contributed by atoms with Crippen LogP contribution in [0.25, 0.3) is 0 Å². The number of hydrogen-bond donors (Lipinski definition) is 0. The molecule has 0 radical (unpaired) electrons. The first-order valence-electron chi connectivity index (χ1n) is 4.44. The third kappa shape index (κ3) is 2.95. The molecule has 0 fully saturated rings. The van der Waals surface area contributed by atoms with Crippen molar-refractivity contribution < 1.29 is 4.79 Å². The second-order valence-electron chi connectivity index (χ2n) is 3.11. The Labute approximate surface area is 84.5 Å². The summed E-state index contributed by atoms with van der Waals surface area (Å²) in [6.45, 7) is 0. The second kappa shape index (κ2) is 5.08. The van der Waals surface area contributed by atoms with Crippen molar-refractivity contribution in [3.63, 3.8) is 0 Å². The summed E-state index contributed by atoms with van der Waals surface area (Å²) in [5, 5.41) is 0. The Morgan fingerprint density at radius 2 is 1.93 bits per heavy atom. The van der Waals surface area contributed by atoms with E-state index >= 15 is 0 Å². The minimum atomic E-state index is 0.301. The van der Waals surface area contributed by atoms with Crippen LogP contribution in [-0.2, 0) is 4.79 Å². The van der Waals surface area contributed by atoms with Gasteiger partial charge in [-0.15, -0.1) is 0 Å². The van der Waals surface area contributed by atoms with Crippen molar-refractivity contribution in [3.05, 3.63) is 29.8 Å². The SMILES string of the molecule is CN(C)c1ccc(C#CCC=O)cc1. The van der Waals surface area contributed by atoms with E-state index in [1.165, 1.54) is 0 Å². The molecule has 1 aromatic carbocycles. The van der Waals surface area contributed by atoms with Crippen molar-refractivity contribution in [1.82, 2.24) is 0 Å². The van der Waals surface area contributed by atoms with E-state index in [2.05, 4.69) is 11.8 Å². The van der Waals surface area contributed by atoms with Crippen molar-refractivity contribution in [2.24, 2.45) is 0 Å². The minimum absolute atomic E-state index is 0.301. The smallest absolute Gasteiger partial charge is 0.131 e. The van der Waals surface area contributed by atoms with Gasteiger partial charge in [-0.1, -0.05) is 11.8 Å². The molecule has 0 amide bonds. The van der Waals surface area contributed by atoms with Crippen LogP contribution in [0.4, 0.5) is 5.69 Å². The highest BCUT2D eigenvalue weighted by Gasteiger charge is 1.92. The van der Waals surface area contributed by atoms with Crippen molar-refractivity contribution >= 4 is 12.0 Å². The Morgan fingerprint density at radius 3 is 2.43 bits per heavy atom. The van der Waals surface area contributed by atoms with Gasteiger partial charge in [0, 0.05) is 25.3 Å². The molecule has 0 saturated heterocycles. The van der Waals surface area contributed by atoms with Crippen LogP contribution < -0.4 is 4.90 Å². The van der Waals surface area contributed by atoms with E-state index in [1.807, 2.05) is 43.3 Å². The van der Waals surface area contributed by atoms with Gasteiger partial charge in [-0.3, -0.25) is 0 Å². The molecule has 0 bridgehead atoms. The van der Waals surface area contributed by atoms with Gasteiger partial charge in [0.2, 0.25) is 0 Å². The van der Waals surface area contributed by atoms with E-state index in [-0.39, 0.29) is 0 Å². The molecule has 0 aromatic heterocycles. The molecule has 0 aliphatic heterocycles. The quantitative estimate of drug-likeness (QED) is 0.518. The highest BCUT2D eigenvalue weighted by atomic mass is 16.1. The summed E-state index contributed by atoms with van der Waals surface area (Å²) < 4.78 is 0. The normalized spacial score (nSPS) is 8.71. The molecule has 0 spiro atoms. The van der Waals surface area contributed by atoms with Gasteiger partial charge in [-0.2, -0.15) is 0 Å². The molecule has 1 rings (SSSR count). The molecule has 0 unspecified atom stereocenters. The van der Waals surface area contributed by atoms with E-state index < -0.39 is 0 Å². The monoisotopic (exact) mass is 187 g/mol. The largest absolute Gasteiger partial charge is 0.378 e. The molecule has 2 heteroatoms. The maximum absolute atomic E-state index is 10.0. The minimum Gasteiger partial charge on any atom is -0.378 e. The topological polar surface area (TPSA) is 20.3 Å². The number of benzene rings is 1. The van der Waals surface area contributed by atoms with Gasteiger partial charge in [0.05, 0.1) is 6.42 Å². The predicted octanol–water partition coefficient (Wildman–Crippen LogP) is 1.69. The second-order valence-corrected chi connectivity index (χ2v) is 3.11. The van der Waals surface area contributed by atoms with Crippen LogP contribution in [0.3, 0.4) is 0 Å². The van der Waals surface area contributed by atoms with E-state index in [1.54, 1.807) is 0 Å². The molecule has 0 aliphatic carbocycles. The van der Waals surface area contributed by atoms with Crippen molar-refractivity contribution in [2.45, 2.75) is 6.42 Å². The molecular weight excluding hydrogens is 174 g/mol. The molecule has 0 N–H and O–H groups in total. The average Bonchev–Trinajstić information content (AvgIpc) is 2.19. The van der Waals surface area contributed by atoms with Crippen LogP contribution >= 0.6 is 0 Å².